The average molecular weight is 408 g/mol. The Morgan fingerprint density at radius 1 is 1.07 bits per heavy atom. The van der Waals surface area contributed by atoms with Gasteiger partial charge in [-0.2, -0.15) is 0 Å². The van der Waals surface area contributed by atoms with Crippen molar-refractivity contribution in [3.05, 3.63) is 65.2 Å². The normalized spacial score (nSPS) is 18.0. The molecule has 1 amide bonds. The van der Waals surface area contributed by atoms with Gasteiger partial charge in [-0.1, -0.05) is 29.8 Å². The number of benzene rings is 2. The van der Waals surface area contributed by atoms with Crippen LogP contribution in [0.1, 0.15) is 16.8 Å². The molecule has 0 aliphatic carbocycles. The summed E-state index contributed by atoms with van der Waals surface area (Å²) in [5, 5.41) is 0.486. The molecular weight excluding hydrogens is 390 g/mol. The van der Waals surface area contributed by atoms with Gasteiger partial charge in [0.05, 0.1) is 23.1 Å². The SMILES string of the molecule is O=C(OCC(=O)N(c1ccccc1)[C@H]1CCS(=O)(=O)C1)c1ccc(Cl)cc1. The maximum atomic E-state index is 12.8. The van der Waals surface area contributed by atoms with Crippen molar-refractivity contribution in [3.63, 3.8) is 0 Å². The zero-order valence-corrected chi connectivity index (χ0v) is 15.9. The summed E-state index contributed by atoms with van der Waals surface area (Å²) < 4.78 is 28.8. The van der Waals surface area contributed by atoms with Crippen LogP contribution in [0.2, 0.25) is 5.02 Å². The van der Waals surface area contributed by atoms with E-state index in [0.29, 0.717) is 17.1 Å². The van der Waals surface area contributed by atoms with Gasteiger partial charge in [-0.3, -0.25) is 4.79 Å². The summed E-state index contributed by atoms with van der Waals surface area (Å²) in [6.45, 7) is -0.479. The molecule has 142 valence electrons. The second-order valence-corrected chi connectivity index (χ2v) is 8.90. The lowest BCUT2D eigenvalue weighted by Crippen LogP contribution is -2.43. The van der Waals surface area contributed by atoms with Gasteiger partial charge < -0.3 is 9.64 Å². The molecule has 2 aromatic rings. The molecule has 0 saturated carbocycles. The molecule has 1 fully saturated rings. The number of para-hydroxylation sites is 1. The van der Waals surface area contributed by atoms with Crippen LogP contribution in [0.25, 0.3) is 0 Å². The monoisotopic (exact) mass is 407 g/mol. The molecule has 0 bridgehead atoms. The van der Waals surface area contributed by atoms with Crippen LogP contribution in [-0.4, -0.2) is 44.4 Å². The Bertz CT molecular complexity index is 928. The van der Waals surface area contributed by atoms with E-state index >= 15 is 0 Å². The highest BCUT2D eigenvalue weighted by molar-refractivity contribution is 7.91. The van der Waals surface area contributed by atoms with E-state index in [-0.39, 0.29) is 17.1 Å². The number of halogens is 1. The van der Waals surface area contributed by atoms with Crippen molar-refractivity contribution in [2.24, 2.45) is 0 Å². The Labute approximate surface area is 162 Å². The molecule has 27 heavy (non-hydrogen) atoms. The highest BCUT2D eigenvalue weighted by atomic mass is 35.5. The molecule has 1 atom stereocenters. The first-order valence-electron chi connectivity index (χ1n) is 8.36. The van der Waals surface area contributed by atoms with Crippen LogP contribution >= 0.6 is 11.6 Å². The molecule has 0 N–H and O–H groups in total. The molecule has 3 rings (SSSR count). The fourth-order valence-electron chi connectivity index (χ4n) is 2.99. The molecule has 0 spiro atoms. The fraction of sp³-hybridized carbons (Fsp3) is 0.263. The summed E-state index contributed by atoms with van der Waals surface area (Å²) >= 11 is 5.79. The molecular formula is C19H18ClNO5S. The minimum atomic E-state index is -3.17. The summed E-state index contributed by atoms with van der Waals surface area (Å²) in [5.74, 6) is -1.17. The van der Waals surface area contributed by atoms with Crippen LogP contribution in [0, 0.1) is 0 Å². The molecule has 8 heteroatoms. The van der Waals surface area contributed by atoms with E-state index in [9.17, 15) is 18.0 Å². The van der Waals surface area contributed by atoms with Gasteiger partial charge in [-0.15, -0.1) is 0 Å². The summed E-state index contributed by atoms with van der Waals surface area (Å²) in [5.41, 5.74) is 0.856. The lowest BCUT2D eigenvalue weighted by Gasteiger charge is -2.28. The quantitative estimate of drug-likeness (QED) is 0.712. The number of sulfone groups is 1. The van der Waals surface area contributed by atoms with Gasteiger partial charge in [-0.25, -0.2) is 13.2 Å². The molecule has 1 heterocycles. The number of ether oxygens (including phenoxy) is 1. The van der Waals surface area contributed by atoms with Crippen molar-refractivity contribution in [1.29, 1.82) is 0 Å². The summed E-state index contributed by atoms with van der Waals surface area (Å²) in [7, 11) is -3.17. The largest absolute Gasteiger partial charge is 0.452 e. The molecule has 0 aromatic heterocycles. The lowest BCUT2D eigenvalue weighted by molar-refractivity contribution is -0.122. The predicted molar refractivity (Wildman–Crippen MR) is 103 cm³/mol. The highest BCUT2D eigenvalue weighted by Crippen LogP contribution is 2.24. The minimum Gasteiger partial charge on any atom is -0.452 e. The first-order chi connectivity index (χ1) is 12.9. The maximum Gasteiger partial charge on any atom is 0.338 e. The van der Waals surface area contributed by atoms with E-state index in [0.717, 1.165) is 0 Å². The van der Waals surface area contributed by atoms with Crippen molar-refractivity contribution in [3.8, 4) is 0 Å². The van der Waals surface area contributed by atoms with Crippen molar-refractivity contribution in [2.45, 2.75) is 12.5 Å². The van der Waals surface area contributed by atoms with Gasteiger partial charge >= 0.3 is 5.97 Å². The van der Waals surface area contributed by atoms with Crippen LogP contribution in [0.5, 0.6) is 0 Å². The Morgan fingerprint density at radius 2 is 1.74 bits per heavy atom. The second kappa shape index (κ2) is 8.10. The number of anilines is 1. The summed E-state index contributed by atoms with van der Waals surface area (Å²) in [6.07, 6.45) is 0.355. The number of carbonyl (C=O) groups is 2. The van der Waals surface area contributed by atoms with Crippen molar-refractivity contribution in [1.82, 2.24) is 0 Å². The summed E-state index contributed by atoms with van der Waals surface area (Å²) in [4.78, 5) is 26.3. The fourth-order valence-corrected chi connectivity index (χ4v) is 4.82. The smallest absolute Gasteiger partial charge is 0.338 e. The minimum absolute atomic E-state index is 0.0405. The Hall–Kier alpha value is -2.38. The number of hydrogen-bond acceptors (Lipinski definition) is 5. The predicted octanol–water partition coefficient (Wildman–Crippen LogP) is 2.72. The first kappa shape index (κ1) is 19.4. The topological polar surface area (TPSA) is 80.8 Å². The van der Waals surface area contributed by atoms with E-state index in [1.807, 2.05) is 0 Å². The molecule has 1 aliphatic rings. The Morgan fingerprint density at radius 3 is 2.33 bits per heavy atom. The number of hydrogen-bond donors (Lipinski definition) is 0. The van der Waals surface area contributed by atoms with Crippen LogP contribution in [0.4, 0.5) is 5.69 Å². The van der Waals surface area contributed by atoms with Gasteiger partial charge in [0.25, 0.3) is 5.91 Å². The zero-order chi connectivity index (χ0) is 19.4. The third-order valence-corrected chi connectivity index (χ3v) is 6.29. The van der Waals surface area contributed by atoms with Crippen LogP contribution in [-0.2, 0) is 19.4 Å². The van der Waals surface area contributed by atoms with E-state index in [1.165, 1.54) is 17.0 Å². The van der Waals surface area contributed by atoms with Gasteiger partial charge in [0.1, 0.15) is 0 Å². The van der Waals surface area contributed by atoms with E-state index < -0.39 is 34.4 Å². The molecule has 0 unspecified atom stereocenters. The molecule has 1 saturated heterocycles. The van der Waals surface area contributed by atoms with Crippen molar-refractivity contribution in [2.75, 3.05) is 23.0 Å². The van der Waals surface area contributed by atoms with Crippen LogP contribution < -0.4 is 4.90 Å². The second-order valence-electron chi connectivity index (χ2n) is 6.24. The van der Waals surface area contributed by atoms with Crippen molar-refractivity contribution < 1.29 is 22.7 Å². The number of rotatable bonds is 5. The van der Waals surface area contributed by atoms with Gasteiger partial charge in [0, 0.05) is 10.7 Å². The van der Waals surface area contributed by atoms with Crippen LogP contribution in [0.3, 0.4) is 0 Å². The third-order valence-electron chi connectivity index (χ3n) is 4.28. The maximum absolute atomic E-state index is 12.8. The van der Waals surface area contributed by atoms with E-state index in [2.05, 4.69) is 0 Å². The average Bonchev–Trinajstić information content (AvgIpc) is 3.00. The number of nitrogens with zero attached hydrogens (tertiary/aromatic N) is 1. The van der Waals surface area contributed by atoms with Crippen molar-refractivity contribution >= 4 is 39.0 Å². The van der Waals surface area contributed by atoms with Gasteiger partial charge in [-0.05, 0) is 42.8 Å². The summed E-state index contributed by atoms with van der Waals surface area (Å²) in [6, 6.07) is 14.4. The van der Waals surface area contributed by atoms with E-state index in [4.69, 9.17) is 16.3 Å². The number of carbonyl (C=O) groups excluding carboxylic acids is 2. The standard InChI is InChI=1S/C19H18ClNO5S/c20-15-8-6-14(7-9-15)19(23)26-12-18(22)21(16-4-2-1-3-5-16)17-10-11-27(24,25)13-17/h1-9,17H,10-13H2/t17-/m0/s1. The number of amides is 1. The first-order valence-corrected chi connectivity index (χ1v) is 10.6. The molecule has 1 aliphatic heterocycles. The molecule has 6 nitrogen and oxygen atoms in total. The third kappa shape index (κ3) is 4.87. The molecule has 2 aromatic carbocycles. The molecule has 0 radical (unpaired) electrons. The van der Waals surface area contributed by atoms with E-state index in [1.54, 1.807) is 42.5 Å². The Balaban J connectivity index is 1.73. The van der Waals surface area contributed by atoms with Gasteiger partial charge in [0.2, 0.25) is 0 Å². The zero-order valence-electron chi connectivity index (χ0n) is 14.4. The van der Waals surface area contributed by atoms with Gasteiger partial charge in [0.15, 0.2) is 16.4 Å². The van der Waals surface area contributed by atoms with Crippen LogP contribution in [0.15, 0.2) is 54.6 Å². The number of esters is 1. The Kier molecular flexibility index (Phi) is 5.82. The lowest BCUT2D eigenvalue weighted by atomic mass is 10.2. The highest BCUT2D eigenvalue weighted by Gasteiger charge is 2.35.